The highest BCUT2D eigenvalue weighted by Gasteiger charge is 2.26. The van der Waals surface area contributed by atoms with Crippen LogP contribution in [0, 0.1) is 0 Å². The number of nitrogens with zero attached hydrogens (tertiary/aromatic N) is 2. The van der Waals surface area contributed by atoms with Crippen molar-refractivity contribution in [1.29, 1.82) is 0 Å². The summed E-state index contributed by atoms with van der Waals surface area (Å²) in [7, 11) is 0. The van der Waals surface area contributed by atoms with Crippen molar-refractivity contribution in [3.05, 3.63) is 315 Å². The van der Waals surface area contributed by atoms with Gasteiger partial charge < -0.3 is 9.80 Å². The summed E-state index contributed by atoms with van der Waals surface area (Å²) in [5.74, 6) is 0. The molecule has 0 unspecified atom stereocenters. The topological polar surface area (TPSA) is 6.48 Å². The summed E-state index contributed by atoms with van der Waals surface area (Å²) in [5, 5.41) is 4.94. The molecule has 14 aromatic rings. The lowest BCUT2D eigenvalue weighted by molar-refractivity contribution is 1.27. The average Bonchev–Trinajstić information content (AvgIpc) is 4.03. The van der Waals surface area contributed by atoms with Gasteiger partial charge in [0.15, 0.2) is 0 Å². The second-order valence-corrected chi connectivity index (χ2v) is 21.1. The molecule has 13 aromatic carbocycles. The van der Waals surface area contributed by atoms with E-state index in [2.05, 4.69) is 325 Å². The molecule has 2 nitrogen and oxygen atoms in total. The van der Waals surface area contributed by atoms with Gasteiger partial charge >= 0.3 is 0 Å². The van der Waals surface area contributed by atoms with E-state index in [4.69, 9.17) is 0 Å². The maximum atomic E-state index is 2.52. The summed E-state index contributed by atoms with van der Waals surface area (Å²) in [4.78, 5) is 4.97. The first-order valence-electron chi connectivity index (χ1n) is 27.0. The maximum absolute atomic E-state index is 2.52. The Morgan fingerprint density at radius 1 is 0.215 bits per heavy atom. The Hall–Kier alpha value is -10.1. The number of fused-ring (bicyclic) bond motifs is 4. The molecule has 0 aliphatic rings. The highest BCUT2D eigenvalue weighted by atomic mass is 32.1. The van der Waals surface area contributed by atoms with Crippen molar-refractivity contribution in [2.24, 2.45) is 0 Å². The molecule has 0 aliphatic carbocycles. The van der Waals surface area contributed by atoms with E-state index < -0.39 is 0 Å². The van der Waals surface area contributed by atoms with Crippen LogP contribution in [0.3, 0.4) is 0 Å². The zero-order chi connectivity index (χ0) is 52.5. The van der Waals surface area contributed by atoms with Crippen LogP contribution in [-0.4, -0.2) is 0 Å². The first kappa shape index (κ1) is 47.4. The fraction of sp³-hybridized carbons (Fsp3) is 0. The molecule has 0 aliphatic heterocycles. The van der Waals surface area contributed by atoms with E-state index in [0.29, 0.717) is 0 Å². The Balaban J connectivity index is 0.948. The first-order chi connectivity index (χ1) is 39.2. The van der Waals surface area contributed by atoms with Gasteiger partial charge in [-0.25, -0.2) is 0 Å². The van der Waals surface area contributed by atoms with E-state index in [1.165, 1.54) is 64.3 Å². The van der Waals surface area contributed by atoms with E-state index in [1.807, 2.05) is 11.3 Å². The number of para-hydroxylation sites is 3. The molecule has 0 atom stereocenters. The fourth-order valence-corrected chi connectivity index (χ4v) is 12.5. The summed E-state index contributed by atoms with van der Waals surface area (Å²) in [6, 6.07) is 115. The quantitative estimate of drug-likeness (QED) is 0.120. The molecular formula is C76H52N2S. The minimum atomic E-state index is 1.06. The second kappa shape index (κ2) is 20.8. The normalized spacial score (nSPS) is 11.3. The third kappa shape index (κ3) is 9.12. The monoisotopic (exact) mass is 1020 g/mol. The van der Waals surface area contributed by atoms with Crippen LogP contribution in [0.15, 0.2) is 315 Å². The van der Waals surface area contributed by atoms with Gasteiger partial charge in [-0.2, -0.15) is 0 Å². The molecular weight excluding hydrogens is 973 g/mol. The van der Waals surface area contributed by atoms with Gasteiger partial charge in [0.1, 0.15) is 0 Å². The van der Waals surface area contributed by atoms with Gasteiger partial charge in [-0.1, -0.05) is 249 Å². The Morgan fingerprint density at radius 3 is 1.28 bits per heavy atom. The largest absolute Gasteiger partial charge is 0.310 e. The zero-order valence-corrected chi connectivity index (χ0v) is 44.1. The lowest BCUT2D eigenvalue weighted by Crippen LogP contribution is -2.14. The van der Waals surface area contributed by atoms with Gasteiger partial charge in [-0.3, -0.25) is 0 Å². The van der Waals surface area contributed by atoms with Crippen LogP contribution in [0.1, 0.15) is 0 Å². The minimum absolute atomic E-state index is 1.06. The van der Waals surface area contributed by atoms with Gasteiger partial charge in [0.2, 0.25) is 0 Å². The maximum Gasteiger partial charge on any atom is 0.0555 e. The second-order valence-electron chi connectivity index (χ2n) is 20.0. The van der Waals surface area contributed by atoms with E-state index in [1.54, 1.807) is 0 Å². The molecule has 0 spiro atoms. The van der Waals surface area contributed by atoms with Gasteiger partial charge in [-0.05, 0) is 128 Å². The van der Waals surface area contributed by atoms with Crippen LogP contribution in [-0.2, 0) is 0 Å². The van der Waals surface area contributed by atoms with Crippen LogP contribution >= 0.6 is 11.3 Å². The van der Waals surface area contributed by atoms with Crippen LogP contribution in [0.25, 0.3) is 97.7 Å². The van der Waals surface area contributed by atoms with Crippen molar-refractivity contribution in [2.45, 2.75) is 0 Å². The van der Waals surface area contributed by atoms with Gasteiger partial charge in [0.25, 0.3) is 0 Å². The Morgan fingerprint density at radius 2 is 0.633 bits per heavy atom. The van der Waals surface area contributed by atoms with Crippen molar-refractivity contribution in [1.82, 2.24) is 0 Å². The van der Waals surface area contributed by atoms with Crippen molar-refractivity contribution in [3.63, 3.8) is 0 Å². The summed E-state index contributed by atoms with van der Waals surface area (Å²) < 4.78 is 2.52. The van der Waals surface area contributed by atoms with Crippen LogP contribution < -0.4 is 9.80 Å². The standard InChI is InChI=1S/C76H52N2S/c1-3-19-53(20-4-1)56-37-39-58(40-38-56)59-47-49-64(50-48-59)77(65-26-17-25-62(52-65)63-46-43-55-23-7-8-24-61(55)51-63)71-32-14-10-28-67(71)68-29-11-15-33-72(68)78(73-34-18-36-75-76(73)69-30-12-16-35-74(69)79-75)70-31-13-9-27-66(70)60-44-41-57(42-45-60)54-21-5-2-6-22-54/h1-52H. The first-order valence-corrected chi connectivity index (χ1v) is 27.8. The van der Waals surface area contributed by atoms with Gasteiger partial charge in [-0.15, -0.1) is 11.3 Å². The lowest BCUT2D eigenvalue weighted by Gasteiger charge is -2.32. The van der Waals surface area contributed by atoms with Gasteiger partial charge in [0, 0.05) is 48.2 Å². The summed E-state index contributed by atoms with van der Waals surface area (Å²) in [6.07, 6.45) is 0. The Kier molecular flexibility index (Phi) is 12.5. The predicted molar refractivity (Wildman–Crippen MR) is 339 cm³/mol. The molecule has 372 valence electrons. The molecule has 0 saturated carbocycles. The van der Waals surface area contributed by atoms with Gasteiger partial charge in [0.05, 0.1) is 22.7 Å². The molecule has 79 heavy (non-hydrogen) atoms. The number of thiophene rings is 1. The number of anilines is 6. The van der Waals surface area contributed by atoms with Crippen LogP contribution in [0.5, 0.6) is 0 Å². The van der Waals surface area contributed by atoms with Crippen molar-refractivity contribution in [3.8, 4) is 66.8 Å². The molecule has 0 N–H and O–H groups in total. The third-order valence-corrected chi connectivity index (χ3v) is 16.4. The van der Waals surface area contributed by atoms with E-state index >= 15 is 0 Å². The highest BCUT2D eigenvalue weighted by Crippen LogP contribution is 2.52. The minimum Gasteiger partial charge on any atom is -0.310 e. The summed E-state index contributed by atoms with van der Waals surface area (Å²) in [6.45, 7) is 0. The number of benzene rings is 13. The zero-order valence-electron chi connectivity index (χ0n) is 43.3. The Bertz CT molecular complexity index is 4470. The average molecular weight is 1030 g/mol. The smallest absolute Gasteiger partial charge is 0.0555 e. The van der Waals surface area contributed by atoms with Crippen LogP contribution in [0.2, 0.25) is 0 Å². The molecule has 0 fully saturated rings. The third-order valence-electron chi connectivity index (χ3n) is 15.3. The van der Waals surface area contributed by atoms with Crippen LogP contribution in [0.4, 0.5) is 34.1 Å². The van der Waals surface area contributed by atoms with E-state index in [0.717, 1.165) is 67.5 Å². The fourth-order valence-electron chi connectivity index (χ4n) is 11.4. The lowest BCUT2D eigenvalue weighted by atomic mass is 9.95. The molecule has 0 saturated heterocycles. The van der Waals surface area contributed by atoms with Crippen molar-refractivity contribution in [2.75, 3.05) is 9.80 Å². The summed E-state index contributed by atoms with van der Waals surface area (Å²) in [5.41, 5.74) is 20.4. The molecule has 0 amide bonds. The van der Waals surface area contributed by atoms with Crippen molar-refractivity contribution < 1.29 is 0 Å². The summed E-state index contributed by atoms with van der Waals surface area (Å²) >= 11 is 1.85. The molecule has 0 radical (unpaired) electrons. The highest BCUT2D eigenvalue weighted by molar-refractivity contribution is 7.26. The SMILES string of the molecule is c1ccc(-c2ccc(-c3ccc(N(c4cccc(-c5ccc6ccccc6c5)c4)c4ccccc4-c4ccccc4N(c4ccccc4-c4ccc(-c5ccccc5)cc4)c4cccc5sc6ccccc6c45)cc3)cc2)cc1. The molecule has 0 bridgehead atoms. The Labute approximate surface area is 465 Å². The molecule has 14 rings (SSSR count). The van der Waals surface area contributed by atoms with Crippen molar-refractivity contribution >= 4 is 76.4 Å². The predicted octanol–water partition coefficient (Wildman–Crippen LogP) is 22.1. The number of hydrogen-bond donors (Lipinski definition) is 0. The molecule has 1 heterocycles. The van der Waals surface area contributed by atoms with E-state index in [9.17, 15) is 0 Å². The van der Waals surface area contributed by atoms with E-state index in [-0.39, 0.29) is 0 Å². The molecule has 1 aromatic heterocycles. The number of rotatable bonds is 12. The number of hydrogen-bond acceptors (Lipinski definition) is 3. The molecule has 3 heteroatoms.